The van der Waals surface area contributed by atoms with Crippen LogP contribution in [0.1, 0.15) is 56.0 Å². The molecule has 1 aromatic heterocycles. The molecule has 1 aliphatic rings. The first kappa shape index (κ1) is 32.0. The number of carbonyl (C=O) groups excluding carboxylic acids is 1. The molecule has 1 aliphatic carbocycles. The summed E-state index contributed by atoms with van der Waals surface area (Å²) in [4.78, 5) is 23.0. The summed E-state index contributed by atoms with van der Waals surface area (Å²) in [6.45, 7) is 5.93. The lowest BCUT2D eigenvalue weighted by Crippen LogP contribution is -2.49. The first-order chi connectivity index (χ1) is 17.3. The second-order valence-corrected chi connectivity index (χ2v) is 10.4. The molecule has 3 aromatic rings. The summed E-state index contributed by atoms with van der Waals surface area (Å²) in [5.74, 6) is 0.658. The van der Waals surface area contributed by atoms with Crippen LogP contribution in [0.5, 0.6) is 0 Å². The van der Waals surface area contributed by atoms with Gasteiger partial charge in [-0.25, -0.2) is 14.2 Å². The molecule has 210 valence electrons. The average Bonchev–Trinajstić information content (AvgIpc) is 3.25. The van der Waals surface area contributed by atoms with E-state index in [9.17, 15) is 9.18 Å². The van der Waals surface area contributed by atoms with Gasteiger partial charge in [0.25, 0.3) is 0 Å². The van der Waals surface area contributed by atoms with E-state index in [0.717, 1.165) is 53.9 Å². The molecular formula is C29H40Cl2FN3O3. The summed E-state index contributed by atoms with van der Waals surface area (Å²) in [6.07, 6.45) is 3.92. The molecule has 4 rings (SSSR count). The molecule has 9 heteroatoms. The number of aromatic nitrogens is 2. The number of H-pyrrole nitrogens is 1. The van der Waals surface area contributed by atoms with E-state index in [-0.39, 0.29) is 55.0 Å². The van der Waals surface area contributed by atoms with Gasteiger partial charge in [0.2, 0.25) is 0 Å². The highest BCUT2D eigenvalue weighted by Gasteiger charge is 2.47. The first-order valence-corrected chi connectivity index (χ1v) is 12.9. The highest BCUT2D eigenvalue weighted by atomic mass is 35.5. The van der Waals surface area contributed by atoms with Crippen LogP contribution in [0.2, 0.25) is 0 Å². The van der Waals surface area contributed by atoms with Crippen LogP contribution in [0.25, 0.3) is 11.0 Å². The van der Waals surface area contributed by atoms with Crippen LogP contribution in [-0.4, -0.2) is 60.3 Å². The van der Waals surface area contributed by atoms with Crippen molar-refractivity contribution in [3.05, 3.63) is 65.2 Å². The van der Waals surface area contributed by atoms with Crippen molar-refractivity contribution in [2.45, 2.75) is 57.5 Å². The summed E-state index contributed by atoms with van der Waals surface area (Å²) < 4.78 is 25.3. The van der Waals surface area contributed by atoms with Gasteiger partial charge >= 0.3 is 5.97 Å². The van der Waals surface area contributed by atoms with Gasteiger partial charge in [-0.2, -0.15) is 0 Å². The molecule has 0 aliphatic heterocycles. The van der Waals surface area contributed by atoms with E-state index in [2.05, 4.69) is 35.8 Å². The summed E-state index contributed by atoms with van der Waals surface area (Å²) in [7, 11) is 3.61. The Morgan fingerprint density at radius 3 is 2.68 bits per heavy atom. The molecule has 0 radical (unpaired) electrons. The van der Waals surface area contributed by atoms with Gasteiger partial charge in [-0.3, -0.25) is 0 Å². The molecular weight excluding hydrogens is 528 g/mol. The number of rotatable bonds is 11. The summed E-state index contributed by atoms with van der Waals surface area (Å²) in [5, 5.41) is 0. The van der Waals surface area contributed by atoms with Crippen LogP contribution in [0, 0.1) is 11.7 Å². The predicted octanol–water partition coefficient (Wildman–Crippen LogP) is 6.11. The van der Waals surface area contributed by atoms with Crippen LogP contribution in [0.3, 0.4) is 0 Å². The van der Waals surface area contributed by atoms with Crippen molar-refractivity contribution < 1.29 is 18.7 Å². The van der Waals surface area contributed by atoms with Crippen molar-refractivity contribution in [1.29, 1.82) is 0 Å². The fraction of sp³-hybridized carbons (Fsp3) is 0.517. The molecule has 2 atom stereocenters. The van der Waals surface area contributed by atoms with Crippen molar-refractivity contribution in [2.75, 3.05) is 33.9 Å². The Morgan fingerprint density at radius 2 is 1.97 bits per heavy atom. The topological polar surface area (TPSA) is 67.5 Å². The van der Waals surface area contributed by atoms with Crippen LogP contribution < -0.4 is 0 Å². The zero-order chi connectivity index (χ0) is 25.7. The number of ether oxygens (including phenoxy) is 2. The lowest BCUT2D eigenvalue weighted by atomic mass is 9.65. The third kappa shape index (κ3) is 7.47. The molecule has 1 unspecified atom stereocenters. The largest absolute Gasteiger partial charge is 0.457 e. The predicted molar refractivity (Wildman–Crippen MR) is 154 cm³/mol. The zero-order valence-corrected chi connectivity index (χ0v) is 24.3. The number of nitrogens with one attached hydrogen (secondary N) is 1. The van der Waals surface area contributed by atoms with Crippen molar-refractivity contribution >= 4 is 41.8 Å². The van der Waals surface area contributed by atoms with Crippen molar-refractivity contribution in [3.8, 4) is 0 Å². The minimum absolute atomic E-state index is 0. The van der Waals surface area contributed by atoms with Gasteiger partial charge in [0.15, 0.2) is 0 Å². The number of nitrogens with zero attached hydrogens (tertiary/aromatic N) is 2. The monoisotopic (exact) mass is 567 g/mol. The molecule has 0 saturated heterocycles. The number of benzene rings is 2. The number of methoxy groups -OCH3 is 1. The SMILES string of the molecule is COCC(=O)O[C@]1(CCN(C)CCCc2nc3ccccc3[nH]2)CCc2cc(F)ccc2C1C(C)C.Cl.Cl. The van der Waals surface area contributed by atoms with Gasteiger partial charge in [0, 0.05) is 32.4 Å². The molecule has 0 spiro atoms. The van der Waals surface area contributed by atoms with Crippen molar-refractivity contribution in [2.24, 2.45) is 5.92 Å². The average molecular weight is 569 g/mol. The fourth-order valence-electron chi connectivity index (χ4n) is 5.80. The second kappa shape index (κ2) is 14.3. The van der Waals surface area contributed by atoms with Crippen LogP contribution in [0.15, 0.2) is 42.5 Å². The number of aromatic amines is 1. The lowest BCUT2D eigenvalue weighted by Gasteiger charge is -2.47. The minimum atomic E-state index is -0.651. The Labute approximate surface area is 237 Å². The Balaban J connectivity index is 0.00000253. The highest BCUT2D eigenvalue weighted by Crippen LogP contribution is 2.48. The summed E-state index contributed by atoms with van der Waals surface area (Å²) in [5.41, 5.74) is 3.53. The maximum Gasteiger partial charge on any atom is 0.332 e. The molecule has 6 nitrogen and oxygen atoms in total. The molecule has 0 saturated carbocycles. The van der Waals surface area contributed by atoms with Crippen LogP contribution in [-0.2, 0) is 27.1 Å². The maximum atomic E-state index is 14.0. The van der Waals surface area contributed by atoms with Crippen LogP contribution in [0.4, 0.5) is 4.39 Å². The van der Waals surface area contributed by atoms with E-state index in [1.54, 1.807) is 6.07 Å². The van der Waals surface area contributed by atoms with E-state index in [4.69, 9.17) is 9.47 Å². The molecule has 1 N–H and O–H groups in total. The smallest absolute Gasteiger partial charge is 0.332 e. The normalized spacial score (nSPS) is 18.7. The molecule has 0 amide bonds. The van der Waals surface area contributed by atoms with Gasteiger partial charge in [-0.05, 0) is 74.2 Å². The second-order valence-electron chi connectivity index (χ2n) is 10.4. The molecule has 2 aromatic carbocycles. The van der Waals surface area contributed by atoms with Gasteiger partial charge < -0.3 is 19.4 Å². The number of carbonyl (C=O) groups is 1. The van der Waals surface area contributed by atoms with E-state index in [1.165, 1.54) is 13.2 Å². The number of esters is 1. The number of aryl methyl sites for hydroxylation is 2. The fourth-order valence-corrected chi connectivity index (χ4v) is 5.80. The van der Waals surface area contributed by atoms with E-state index >= 15 is 0 Å². The minimum Gasteiger partial charge on any atom is -0.457 e. The number of hydrogen-bond donors (Lipinski definition) is 1. The number of imidazole rings is 1. The Hall–Kier alpha value is -2.19. The molecule has 38 heavy (non-hydrogen) atoms. The molecule has 0 fully saturated rings. The maximum absolute atomic E-state index is 14.0. The van der Waals surface area contributed by atoms with Gasteiger partial charge in [0.05, 0.1) is 11.0 Å². The zero-order valence-electron chi connectivity index (χ0n) is 22.7. The molecule has 0 bridgehead atoms. The van der Waals surface area contributed by atoms with E-state index in [0.29, 0.717) is 19.3 Å². The summed E-state index contributed by atoms with van der Waals surface area (Å²) >= 11 is 0. The standard InChI is InChI=1S/C29H38FN3O3.2ClH/c1-20(2)28-23-12-11-22(30)18-21(23)13-14-29(28,36-27(34)19-35-4)15-17-33(3)16-7-10-26-31-24-8-5-6-9-25(24)32-26;;/h5-6,8-9,11-12,18,20,28H,7,10,13-17,19H2,1-4H3,(H,31,32);2*1H/t28?,29-;;/m0../s1. The number of fused-ring (bicyclic) bond motifs is 2. The quantitative estimate of drug-likeness (QED) is 0.283. The van der Waals surface area contributed by atoms with Gasteiger partial charge in [0.1, 0.15) is 23.8 Å². The van der Waals surface area contributed by atoms with E-state index < -0.39 is 5.60 Å². The Morgan fingerprint density at radius 1 is 1.21 bits per heavy atom. The Bertz CT molecular complexity index is 1160. The van der Waals surface area contributed by atoms with Gasteiger partial charge in [-0.15, -0.1) is 24.8 Å². The summed E-state index contributed by atoms with van der Waals surface area (Å²) in [6, 6.07) is 13.1. The number of hydrogen-bond acceptors (Lipinski definition) is 5. The van der Waals surface area contributed by atoms with Crippen LogP contribution >= 0.6 is 24.8 Å². The van der Waals surface area contributed by atoms with Crippen molar-refractivity contribution in [3.63, 3.8) is 0 Å². The van der Waals surface area contributed by atoms with Crippen molar-refractivity contribution in [1.82, 2.24) is 14.9 Å². The van der Waals surface area contributed by atoms with E-state index in [1.807, 2.05) is 30.3 Å². The lowest BCUT2D eigenvalue weighted by molar-refractivity contribution is -0.172. The molecule has 1 heterocycles. The number of para-hydroxylation sites is 2. The number of halogens is 3. The third-order valence-corrected chi connectivity index (χ3v) is 7.38. The van der Waals surface area contributed by atoms with Gasteiger partial charge in [-0.1, -0.05) is 32.0 Å². The highest BCUT2D eigenvalue weighted by molar-refractivity contribution is 5.85. The Kier molecular flexibility index (Phi) is 12.0. The first-order valence-electron chi connectivity index (χ1n) is 12.9. The third-order valence-electron chi connectivity index (χ3n) is 7.38.